The van der Waals surface area contributed by atoms with E-state index in [4.69, 9.17) is 10.5 Å². The summed E-state index contributed by atoms with van der Waals surface area (Å²) in [6.45, 7) is 3.16. The number of likely N-dealkylation sites (tertiary alicyclic amines) is 1. The van der Waals surface area contributed by atoms with E-state index in [-0.39, 0.29) is 30.5 Å². The first-order chi connectivity index (χ1) is 9.17. The van der Waals surface area contributed by atoms with Gasteiger partial charge in [0, 0.05) is 31.8 Å². The molecule has 2 atom stereocenters. The van der Waals surface area contributed by atoms with Crippen LogP contribution < -0.4 is 5.73 Å². The zero-order chi connectivity index (χ0) is 13.8. The fraction of sp³-hybridized carbons (Fsp3) is 0.533. The van der Waals surface area contributed by atoms with Crippen molar-refractivity contribution in [2.24, 2.45) is 5.73 Å². The molecule has 5 heteroatoms. The van der Waals surface area contributed by atoms with Gasteiger partial charge < -0.3 is 15.4 Å². The van der Waals surface area contributed by atoms with Crippen LogP contribution in [0.2, 0.25) is 0 Å². The number of aryl methyl sites for hydroxylation is 1. The Labute approximate surface area is 126 Å². The molecule has 1 fully saturated rings. The van der Waals surface area contributed by atoms with Gasteiger partial charge in [0.05, 0.1) is 6.10 Å². The Hall–Kier alpha value is -1.10. The van der Waals surface area contributed by atoms with Crippen molar-refractivity contribution in [2.45, 2.75) is 31.9 Å². The largest absolute Gasteiger partial charge is 0.381 e. The molecule has 2 unspecified atom stereocenters. The van der Waals surface area contributed by atoms with E-state index < -0.39 is 0 Å². The molecule has 1 amide bonds. The van der Waals surface area contributed by atoms with Gasteiger partial charge in [-0.25, -0.2) is 0 Å². The molecular formula is C15H23ClN2O2. The first-order valence-corrected chi connectivity index (χ1v) is 6.76. The number of piperidine rings is 1. The van der Waals surface area contributed by atoms with Crippen LogP contribution in [-0.4, -0.2) is 43.2 Å². The Kier molecular flexibility index (Phi) is 6.46. The average molecular weight is 299 g/mol. The molecule has 1 heterocycles. The summed E-state index contributed by atoms with van der Waals surface area (Å²) in [6.07, 6.45) is 1.92. The number of nitrogens with zero attached hydrogens (tertiary/aromatic N) is 1. The van der Waals surface area contributed by atoms with Crippen molar-refractivity contribution in [3.8, 4) is 0 Å². The van der Waals surface area contributed by atoms with Crippen LogP contribution in [0.4, 0.5) is 0 Å². The highest BCUT2D eigenvalue weighted by molar-refractivity contribution is 5.95. The number of nitrogens with two attached hydrogens (primary N) is 1. The molecule has 0 bridgehead atoms. The molecule has 2 N–H and O–H groups in total. The van der Waals surface area contributed by atoms with Crippen LogP contribution >= 0.6 is 12.4 Å². The molecule has 112 valence electrons. The monoisotopic (exact) mass is 298 g/mol. The van der Waals surface area contributed by atoms with Crippen molar-refractivity contribution in [2.75, 3.05) is 20.2 Å². The number of hydrogen-bond acceptors (Lipinski definition) is 3. The Balaban J connectivity index is 0.00000200. The van der Waals surface area contributed by atoms with Crippen molar-refractivity contribution in [3.05, 3.63) is 35.4 Å². The lowest BCUT2D eigenvalue weighted by Crippen LogP contribution is -2.51. The Morgan fingerprint density at radius 3 is 2.75 bits per heavy atom. The summed E-state index contributed by atoms with van der Waals surface area (Å²) < 4.78 is 5.39. The number of hydrogen-bond donors (Lipinski definition) is 1. The summed E-state index contributed by atoms with van der Waals surface area (Å²) in [4.78, 5) is 14.5. The molecule has 0 spiro atoms. The first kappa shape index (κ1) is 17.0. The number of carbonyl (C=O) groups is 1. The second-order valence-corrected chi connectivity index (χ2v) is 5.09. The lowest BCUT2D eigenvalue weighted by Gasteiger charge is -2.38. The van der Waals surface area contributed by atoms with E-state index in [1.807, 2.05) is 36.1 Å². The maximum absolute atomic E-state index is 12.6. The number of methoxy groups -OCH3 is 1. The van der Waals surface area contributed by atoms with Gasteiger partial charge in [-0.1, -0.05) is 18.2 Å². The van der Waals surface area contributed by atoms with Gasteiger partial charge in [-0.2, -0.15) is 0 Å². The number of carbonyl (C=O) groups excluding carboxylic acids is 1. The van der Waals surface area contributed by atoms with Crippen LogP contribution in [-0.2, 0) is 4.74 Å². The van der Waals surface area contributed by atoms with E-state index in [0.29, 0.717) is 13.1 Å². The van der Waals surface area contributed by atoms with Crippen LogP contribution in [0.25, 0.3) is 0 Å². The van der Waals surface area contributed by atoms with Gasteiger partial charge in [0.25, 0.3) is 5.91 Å². The van der Waals surface area contributed by atoms with Gasteiger partial charge in [-0.05, 0) is 31.4 Å². The topological polar surface area (TPSA) is 55.6 Å². The van der Waals surface area contributed by atoms with E-state index in [1.165, 1.54) is 0 Å². The third-order valence-corrected chi connectivity index (χ3v) is 3.91. The van der Waals surface area contributed by atoms with E-state index >= 15 is 0 Å². The molecule has 0 saturated carbocycles. The minimum absolute atomic E-state index is 0. The van der Waals surface area contributed by atoms with Gasteiger partial charge in [0.1, 0.15) is 0 Å². The predicted octanol–water partition coefficient (Wildman–Crippen LogP) is 2.00. The fourth-order valence-electron chi connectivity index (χ4n) is 2.69. The average Bonchev–Trinajstić information content (AvgIpc) is 2.46. The van der Waals surface area contributed by atoms with E-state index in [0.717, 1.165) is 24.0 Å². The maximum atomic E-state index is 12.6. The second-order valence-electron chi connectivity index (χ2n) is 5.09. The van der Waals surface area contributed by atoms with Gasteiger partial charge in [-0.15, -0.1) is 12.4 Å². The molecule has 2 rings (SSSR count). The van der Waals surface area contributed by atoms with Crippen molar-refractivity contribution in [1.29, 1.82) is 0 Å². The summed E-state index contributed by atoms with van der Waals surface area (Å²) in [5, 5.41) is 0. The smallest absolute Gasteiger partial charge is 0.254 e. The lowest BCUT2D eigenvalue weighted by atomic mass is 9.97. The summed E-state index contributed by atoms with van der Waals surface area (Å²) in [7, 11) is 1.72. The van der Waals surface area contributed by atoms with Gasteiger partial charge in [-0.3, -0.25) is 4.79 Å². The Morgan fingerprint density at radius 1 is 1.45 bits per heavy atom. The minimum atomic E-state index is 0. The third kappa shape index (κ3) is 3.51. The van der Waals surface area contributed by atoms with Crippen LogP contribution in [0, 0.1) is 6.92 Å². The SMILES string of the molecule is COC1CCN(C(=O)c2ccccc2C)C(CN)C1.Cl. The van der Waals surface area contributed by atoms with Crippen molar-refractivity contribution in [3.63, 3.8) is 0 Å². The Bertz CT molecular complexity index is 453. The summed E-state index contributed by atoms with van der Waals surface area (Å²) in [6, 6.07) is 7.77. The molecule has 1 aromatic rings. The molecular weight excluding hydrogens is 276 g/mol. The van der Waals surface area contributed by atoms with Gasteiger partial charge in [0.15, 0.2) is 0 Å². The molecule has 0 radical (unpaired) electrons. The van der Waals surface area contributed by atoms with Crippen molar-refractivity contribution < 1.29 is 9.53 Å². The van der Waals surface area contributed by atoms with E-state index in [9.17, 15) is 4.79 Å². The van der Waals surface area contributed by atoms with Gasteiger partial charge in [0.2, 0.25) is 0 Å². The third-order valence-electron chi connectivity index (χ3n) is 3.91. The molecule has 1 saturated heterocycles. The predicted molar refractivity (Wildman–Crippen MR) is 82.3 cm³/mol. The van der Waals surface area contributed by atoms with Crippen LogP contribution in [0.5, 0.6) is 0 Å². The molecule has 0 aromatic heterocycles. The zero-order valence-electron chi connectivity index (χ0n) is 12.0. The lowest BCUT2D eigenvalue weighted by molar-refractivity contribution is 0.0138. The van der Waals surface area contributed by atoms with E-state index in [1.54, 1.807) is 7.11 Å². The molecule has 4 nitrogen and oxygen atoms in total. The van der Waals surface area contributed by atoms with Crippen LogP contribution in [0.15, 0.2) is 24.3 Å². The van der Waals surface area contributed by atoms with E-state index in [2.05, 4.69) is 0 Å². The molecule has 1 aliphatic rings. The normalized spacial score (nSPS) is 22.2. The number of ether oxygens (including phenoxy) is 1. The second kappa shape index (κ2) is 7.62. The Morgan fingerprint density at radius 2 is 2.15 bits per heavy atom. The summed E-state index contributed by atoms with van der Waals surface area (Å²) >= 11 is 0. The van der Waals surface area contributed by atoms with Crippen LogP contribution in [0.3, 0.4) is 0 Å². The fourth-order valence-corrected chi connectivity index (χ4v) is 2.69. The maximum Gasteiger partial charge on any atom is 0.254 e. The van der Waals surface area contributed by atoms with Crippen molar-refractivity contribution >= 4 is 18.3 Å². The first-order valence-electron chi connectivity index (χ1n) is 6.76. The number of rotatable bonds is 3. The standard InChI is InChI=1S/C15H22N2O2.ClH/c1-11-5-3-4-6-14(11)15(18)17-8-7-13(19-2)9-12(17)10-16;/h3-6,12-13H,7-10,16H2,1-2H3;1H. The highest BCUT2D eigenvalue weighted by Gasteiger charge is 2.31. The number of halogens is 1. The molecule has 1 aliphatic heterocycles. The summed E-state index contributed by atoms with van der Waals surface area (Å²) in [5.41, 5.74) is 7.60. The van der Waals surface area contributed by atoms with Crippen molar-refractivity contribution in [1.82, 2.24) is 4.90 Å². The highest BCUT2D eigenvalue weighted by atomic mass is 35.5. The molecule has 20 heavy (non-hydrogen) atoms. The van der Waals surface area contributed by atoms with Gasteiger partial charge >= 0.3 is 0 Å². The number of amides is 1. The molecule has 1 aromatic carbocycles. The zero-order valence-corrected chi connectivity index (χ0v) is 12.9. The van der Waals surface area contributed by atoms with Crippen LogP contribution in [0.1, 0.15) is 28.8 Å². The minimum Gasteiger partial charge on any atom is -0.381 e. The number of benzene rings is 1. The summed E-state index contributed by atoms with van der Waals surface area (Å²) in [5.74, 6) is 0.0862. The quantitative estimate of drug-likeness (QED) is 0.928. The molecule has 0 aliphatic carbocycles. The highest BCUT2D eigenvalue weighted by Crippen LogP contribution is 2.22.